The zero-order chi connectivity index (χ0) is 22.7. The number of pyridine rings is 1. The second-order valence-electron chi connectivity index (χ2n) is 6.89. The van der Waals surface area contributed by atoms with E-state index >= 15 is 0 Å². The van der Waals surface area contributed by atoms with Gasteiger partial charge in [-0.1, -0.05) is 18.2 Å². The van der Waals surface area contributed by atoms with Crippen molar-refractivity contribution in [3.8, 4) is 0 Å². The summed E-state index contributed by atoms with van der Waals surface area (Å²) in [6, 6.07) is 7.33. The van der Waals surface area contributed by atoms with Gasteiger partial charge in [-0.25, -0.2) is 9.78 Å². The van der Waals surface area contributed by atoms with Crippen LogP contribution in [0.2, 0.25) is 0 Å². The van der Waals surface area contributed by atoms with E-state index in [2.05, 4.69) is 10.1 Å². The highest BCUT2D eigenvalue weighted by Crippen LogP contribution is 2.25. The number of hydrogen-bond donors (Lipinski definition) is 0. The molecule has 0 atom stereocenters. The van der Waals surface area contributed by atoms with Gasteiger partial charge in [0.15, 0.2) is 0 Å². The fourth-order valence-corrected chi connectivity index (χ4v) is 3.44. The topological polar surface area (TPSA) is 126 Å². The molecule has 3 rings (SSSR count). The number of rotatable bonds is 7. The van der Waals surface area contributed by atoms with Gasteiger partial charge in [-0.3, -0.25) is 19.6 Å². The van der Waals surface area contributed by atoms with Gasteiger partial charge < -0.3 is 9.47 Å². The molecule has 0 spiro atoms. The summed E-state index contributed by atoms with van der Waals surface area (Å²) in [5.41, 5.74) is 2.22. The molecule has 0 aliphatic rings. The van der Waals surface area contributed by atoms with Crippen molar-refractivity contribution >= 4 is 28.5 Å². The molecule has 162 valence electrons. The Morgan fingerprint density at radius 3 is 2.52 bits per heavy atom. The monoisotopic (exact) mass is 426 g/mol. The number of aryl methyl sites for hydroxylation is 2. The van der Waals surface area contributed by atoms with E-state index in [-0.39, 0.29) is 48.1 Å². The number of para-hydroxylation sites is 1. The minimum absolute atomic E-state index is 0.135. The van der Waals surface area contributed by atoms with E-state index in [1.54, 1.807) is 19.9 Å². The second kappa shape index (κ2) is 8.90. The molecule has 2 aromatic heterocycles. The van der Waals surface area contributed by atoms with Crippen LogP contribution in [0.25, 0.3) is 10.9 Å². The van der Waals surface area contributed by atoms with E-state index in [0.29, 0.717) is 11.1 Å². The van der Waals surface area contributed by atoms with Gasteiger partial charge in [0.1, 0.15) is 24.5 Å². The van der Waals surface area contributed by atoms with Gasteiger partial charge in [-0.05, 0) is 39.3 Å². The normalized spacial score (nSPS) is 10.8. The molecule has 0 N–H and O–H groups in total. The standard InChI is InChI=1S/C21H22N4O6/c1-5-30-21(27)19-12(2)15-8-6-7-9-16(15)22-17(19)11-31-18(26)10-24-14(4)20(25(28)29)13(3)23-24/h6-9H,5,10-11H2,1-4H3. The Kier molecular flexibility index (Phi) is 6.28. The van der Waals surface area contributed by atoms with Gasteiger partial charge in [0.05, 0.1) is 28.3 Å². The number of ether oxygens (including phenoxy) is 2. The molecule has 10 heteroatoms. The summed E-state index contributed by atoms with van der Waals surface area (Å²) >= 11 is 0. The molecule has 0 saturated heterocycles. The fourth-order valence-electron chi connectivity index (χ4n) is 3.44. The maximum Gasteiger partial charge on any atom is 0.340 e. The minimum Gasteiger partial charge on any atom is -0.462 e. The molecule has 0 saturated carbocycles. The highest BCUT2D eigenvalue weighted by molar-refractivity contribution is 5.98. The third-order valence-corrected chi connectivity index (χ3v) is 4.88. The number of carbonyl (C=O) groups excluding carboxylic acids is 2. The van der Waals surface area contributed by atoms with Crippen molar-refractivity contribution in [3.05, 3.63) is 62.6 Å². The van der Waals surface area contributed by atoms with Crippen molar-refractivity contribution in [2.24, 2.45) is 0 Å². The molecule has 0 fully saturated rings. The Morgan fingerprint density at radius 1 is 1.16 bits per heavy atom. The van der Waals surface area contributed by atoms with E-state index < -0.39 is 16.9 Å². The SMILES string of the molecule is CCOC(=O)c1c(COC(=O)Cn2nc(C)c([N+](=O)[O-])c2C)nc2ccccc2c1C. The lowest BCUT2D eigenvalue weighted by Crippen LogP contribution is -2.18. The van der Waals surface area contributed by atoms with E-state index in [4.69, 9.17) is 9.47 Å². The van der Waals surface area contributed by atoms with E-state index in [0.717, 1.165) is 5.39 Å². The summed E-state index contributed by atoms with van der Waals surface area (Å²) in [4.78, 5) is 40.0. The van der Waals surface area contributed by atoms with Crippen LogP contribution in [0.3, 0.4) is 0 Å². The van der Waals surface area contributed by atoms with E-state index in [1.165, 1.54) is 18.5 Å². The van der Waals surface area contributed by atoms with Crippen LogP contribution in [0.4, 0.5) is 5.69 Å². The van der Waals surface area contributed by atoms with Crippen molar-refractivity contribution in [1.82, 2.24) is 14.8 Å². The number of aromatic nitrogens is 3. The first-order valence-corrected chi connectivity index (χ1v) is 9.63. The predicted molar refractivity (Wildman–Crippen MR) is 111 cm³/mol. The van der Waals surface area contributed by atoms with Crippen molar-refractivity contribution < 1.29 is 24.0 Å². The smallest absolute Gasteiger partial charge is 0.340 e. The Hall–Kier alpha value is -3.82. The van der Waals surface area contributed by atoms with Gasteiger partial charge in [-0.15, -0.1) is 0 Å². The molecular formula is C21H22N4O6. The van der Waals surface area contributed by atoms with Crippen LogP contribution in [0.15, 0.2) is 24.3 Å². The lowest BCUT2D eigenvalue weighted by atomic mass is 10.0. The van der Waals surface area contributed by atoms with Crippen LogP contribution in [0.1, 0.15) is 39.9 Å². The molecule has 0 aliphatic carbocycles. The highest BCUT2D eigenvalue weighted by atomic mass is 16.6. The van der Waals surface area contributed by atoms with Crippen molar-refractivity contribution in [3.63, 3.8) is 0 Å². The molecule has 0 aliphatic heterocycles. The number of carbonyl (C=O) groups is 2. The maximum absolute atomic E-state index is 12.5. The number of nitrogens with zero attached hydrogens (tertiary/aromatic N) is 4. The predicted octanol–water partition coefficient (Wildman–Crippen LogP) is 3.18. The first kappa shape index (κ1) is 21.9. The summed E-state index contributed by atoms with van der Waals surface area (Å²) in [5.74, 6) is -1.21. The van der Waals surface area contributed by atoms with Crippen molar-refractivity contribution in [2.75, 3.05) is 6.61 Å². The van der Waals surface area contributed by atoms with Crippen LogP contribution in [-0.2, 0) is 27.4 Å². The molecule has 0 unspecified atom stereocenters. The number of hydrogen-bond acceptors (Lipinski definition) is 8. The molecule has 3 aromatic rings. The van der Waals surface area contributed by atoms with Crippen LogP contribution >= 0.6 is 0 Å². The Bertz CT molecular complexity index is 1180. The number of nitro groups is 1. The first-order chi connectivity index (χ1) is 14.7. The van der Waals surface area contributed by atoms with Gasteiger partial charge in [0.25, 0.3) is 0 Å². The van der Waals surface area contributed by atoms with Crippen LogP contribution in [-0.4, -0.2) is 38.2 Å². The maximum atomic E-state index is 12.5. The van der Waals surface area contributed by atoms with Crippen LogP contribution < -0.4 is 0 Å². The average molecular weight is 426 g/mol. The molecule has 2 heterocycles. The molecule has 0 amide bonds. The van der Waals surface area contributed by atoms with Gasteiger partial charge >= 0.3 is 17.6 Å². The van der Waals surface area contributed by atoms with Gasteiger partial charge in [0, 0.05) is 5.39 Å². The Balaban J connectivity index is 1.85. The van der Waals surface area contributed by atoms with E-state index in [9.17, 15) is 19.7 Å². The fraction of sp³-hybridized carbons (Fsp3) is 0.333. The molecule has 0 bridgehead atoms. The first-order valence-electron chi connectivity index (χ1n) is 9.63. The summed E-state index contributed by atoms with van der Waals surface area (Å²) in [7, 11) is 0. The third-order valence-electron chi connectivity index (χ3n) is 4.88. The Morgan fingerprint density at radius 2 is 1.87 bits per heavy atom. The quantitative estimate of drug-likeness (QED) is 0.320. The van der Waals surface area contributed by atoms with Crippen LogP contribution in [0, 0.1) is 30.9 Å². The lowest BCUT2D eigenvalue weighted by Gasteiger charge is -2.14. The van der Waals surface area contributed by atoms with E-state index in [1.807, 2.05) is 18.2 Å². The largest absolute Gasteiger partial charge is 0.462 e. The minimum atomic E-state index is -0.664. The van der Waals surface area contributed by atoms with Gasteiger partial charge in [-0.2, -0.15) is 5.10 Å². The van der Waals surface area contributed by atoms with Crippen molar-refractivity contribution in [2.45, 2.75) is 40.8 Å². The molecule has 1 aromatic carbocycles. The van der Waals surface area contributed by atoms with Crippen LogP contribution in [0.5, 0.6) is 0 Å². The molecule has 10 nitrogen and oxygen atoms in total. The number of benzene rings is 1. The zero-order valence-electron chi connectivity index (χ0n) is 17.7. The second-order valence-corrected chi connectivity index (χ2v) is 6.89. The molecule has 0 radical (unpaired) electrons. The average Bonchev–Trinajstić information content (AvgIpc) is 2.99. The summed E-state index contributed by atoms with van der Waals surface area (Å²) in [6.07, 6.45) is 0. The number of esters is 2. The number of fused-ring (bicyclic) bond motifs is 1. The lowest BCUT2D eigenvalue weighted by molar-refractivity contribution is -0.386. The zero-order valence-corrected chi connectivity index (χ0v) is 17.7. The van der Waals surface area contributed by atoms with Gasteiger partial charge in [0.2, 0.25) is 0 Å². The Labute approximate surface area is 177 Å². The highest BCUT2D eigenvalue weighted by Gasteiger charge is 2.24. The third kappa shape index (κ3) is 4.37. The van der Waals surface area contributed by atoms with Crippen molar-refractivity contribution in [1.29, 1.82) is 0 Å². The molecular weight excluding hydrogens is 404 g/mol. The molecule has 31 heavy (non-hydrogen) atoms. The summed E-state index contributed by atoms with van der Waals surface area (Å²) < 4.78 is 11.7. The summed E-state index contributed by atoms with van der Waals surface area (Å²) in [6.45, 7) is 6.15. The summed E-state index contributed by atoms with van der Waals surface area (Å²) in [5, 5.41) is 16.0.